The van der Waals surface area contributed by atoms with Crippen molar-refractivity contribution in [3.63, 3.8) is 0 Å². The van der Waals surface area contributed by atoms with Crippen LogP contribution in [0.2, 0.25) is 0 Å². The van der Waals surface area contributed by atoms with Crippen molar-refractivity contribution in [2.45, 2.75) is 19.3 Å². The van der Waals surface area contributed by atoms with Gasteiger partial charge in [-0.25, -0.2) is 9.97 Å². The lowest BCUT2D eigenvalue weighted by Gasteiger charge is -2.23. The van der Waals surface area contributed by atoms with Crippen LogP contribution in [0.15, 0.2) is 91.4 Å². The Morgan fingerprint density at radius 2 is 1.56 bits per heavy atom. The van der Waals surface area contributed by atoms with Crippen molar-refractivity contribution in [2.75, 3.05) is 0 Å². The maximum Gasteiger partial charge on any atom is 0.235 e. The highest BCUT2D eigenvalue weighted by Gasteiger charge is 2.40. The Morgan fingerprint density at radius 3 is 2.50 bits per heavy atom. The number of rotatable bonds is 1. The number of benzene rings is 4. The second-order valence-corrected chi connectivity index (χ2v) is 10.0. The molecule has 0 atom stereocenters. The minimum absolute atomic E-state index is 0.237. The Bertz CT molecular complexity index is 2030. The van der Waals surface area contributed by atoms with Crippen molar-refractivity contribution in [1.29, 1.82) is 0 Å². The van der Waals surface area contributed by atoms with Crippen LogP contribution in [-0.4, -0.2) is 24.5 Å². The molecule has 5 heteroatoms. The van der Waals surface area contributed by atoms with Crippen molar-refractivity contribution in [3.8, 4) is 17.1 Å². The van der Waals surface area contributed by atoms with Gasteiger partial charge in [0.05, 0.1) is 27.6 Å². The first kappa shape index (κ1) is 19.6. The van der Waals surface area contributed by atoms with Crippen LogP contribution in [0.3, 0.4) is 0 Å². The molecule has 4 aromatic carbocycles. The second-order valence-electron chi connectivity index (χ2n) is 10.0. The Morgan fingerprint density at radius 1 is 0.722 bits per heavy atom. The molecule has 0 saturated heterocycles. The van der Waals surface area contributed by atoms with E-state index in [4.69, 9.17) is 15.0 Å². The van der Waals surface area contributed by atoms with Gasteiger partial charge in [0.15, 0.2) is 0 Å². The maximum absolute atomic E-state index is 5.02. The van der Waals surface area contributed by atoms with E-state index in [0.29, 0.717) is 5.95 Å². The molecule has 0 saturated carbocycles. The zero-order chi connectivity index (χ0) is 24.0. The predicted octanol–water partition coefficient (Wildman–Crippen LogP) is 6.98. The minimum atomic E-state index is -0.237. The summed E-state index contributed by atoms with van der Waals surface area (Å²) in [4.78, 5) is 19.2. The van der Waals surface area contributed by atoms with Gasteiger partial charge >= 0.3 is 0 Å². The number of hydrogen-bond acceptors (Lipinski definition) is 4. The van der Waals surface area contributed by atoms with Crippen molar-refractivity contribution in [3.05, 3.63) is 103 Å². The van der Waals surface area contributed by atoms with Crippen molar-refractivity contribution in [2.24, 2.45) is 0 Å². The SMILES string of the molecule is CC1(C)c2ccc3nccnc3c2-c2ccc3c4ccccc4n(-c4ncc5ccccc5n4)c3c21. The van der Waals surface area contributed by atoms with Gasteiger partial charge in [0, 0.05) is 45.7 Å². The van der Waals surface area contributed by atoms with E-state index in [1.165, 1.54) is 33.0 Å². The zero-order valence-corrected chi connectivity index (χ0v) is 19.9. The molecule has 36 heavy (non-hydrogen) atoms. The van der Waals surface area contributed by atoms with E-state index in [9.17, 15) is 0 Å². The Kier molecular flexibility index (Phi) is 3.67. The number of para-hydroxylation sites is 2. The smallest absolute Gasteiger partial charge is 0.235 e. The molecular formula is C31H21N5. The first-order valence-corrected chi connectivity index (χ1v) is 12.2. The molecule has 0 unspecified atom stereocenters. The van der Waals surface area contributed by atoms with Gasteiger partial charge in [-0.15, -0.1) is 0 Å². The minimum Gasteiger partial charge on any atom is -0.278 e. The summed E-state index contributed by atoms with van der Waals surface area (Å²) in [5.41, 5.74) is 9.76. The van der Waals surface area contributed by atoms with Crippen LogP contribution in [0, 0.1) is 0 Å². The molecule has 3 aromatic heterocycles. The standard InChI is InChI=1S/C31H21N5/c1-31(2)22-13-14-24-28(33-16-15-32-24)26(22)21-12-11-20-19-8-4-6-10-25(19)36(29(20)27(21)31)30-34-17-18-7-3-5-9-23(18)35-30/h3-17H,1-2H3. The van der Waals surface area contributed by atoms with Crippen LogP contribution >= 0.6 is 0 Å². The van der Waals surface area contributed by atoms with Gasteiger partial charge in [0.1, 0.15) is 0 Å². The normalized spacial score (nSPS) is 14.1. The molecule has 1 aliphatic rings. The van der Waals surface area contributed by atoms with E-state index in [0.717, 1.165) is 33.0 Å². The maximum atomic E-state index is 5.02. The van der Waals surface area contributed by atoms with Crippen LogP contribution in [0.5, 0.6) is 0 Å². The second kappa shape index (κ2) is 6.73. The molecule has 0 radical (unpaired) electrons. The fourth-order valence-corrected chi connectivity index (χ4v) is 6.14. The lowest BCUT2D eigenvalue weighted by Crippen LogP contribution is -2.17. The predicted molar refractivity (Wildman–Crippen MR) is 145 cm³/mol. The first-order chi connectivity index (χ1) is 17.6. The van der Waals surface area contributed by atoms with E-state index in [2.05, 4.69) is 78.0 Å². The number of aromatic nitrogens is 5. The highest BCUT2D eigenvalue weighted by atomic mass is 15.2. The third-order valence-corrected chi connectivity index (χ3v) is 7.72. The Balaban J connectivity index is 1.56. The lowest BCUT2D eigenvalue weighted by atomic mass is 9.81. The van der Waals surface area contributed by atoms with Gasteiger partial charge in [-0.1, -0.05) is 68.4 Å². The Labute approximate surface area is 207 Å². The Hall–Kier alpha value is -4.64. The van der Waals surface area contributed by atoms with Gasteiger partial charge in [-0.3, -0.25) is 14.5 Å². The van der Waals surface area contributed by atoms with Crippen LogP contribution in [0.4, 0.5) is 0 Å². The van der Waals surface area contributed by atoms with Gasteiger partial charge in [-0.05, 0) is 34.9 Å². The molecule has 170 valence electrons. The van der Waals surface area contributed by atoms with Crippen LogP contribution in [-0.2, 0) is 5.41 Å². The molecule has 0 spiro atoms. The summed E-state index contributed by atoms with van der Waals surface area (Å²) in [6.07, 6.45) is 5.46. The third-order valence-electron chi connectivity index (χ3n) is 7.72. The highest BCUT2D eigenvalue weighted by molar-refractivity contribution is 6.14. The van der Waals surface area contributed by atoms with E-state index in [1.54, 1.807) is 12.4 Å². The molecular weight excluding hydrogens is 442 g/mol. The molecule has 0 bridgehead atoms. The van der Waals surface area contributed by atoms with Crippen LogP contribution < -0.4 is 0 Å². The summed E-state index contributed by atoms with van der Waals surface area (Å²) >= 11 is 0. The van der Waals surface area contributed by atoms with Crippen LogP contribution in [0.25, 0.3) is 60.8 Å². The number of fused-ring (bicyclic) bond motifs is 10. The number of nitrogens with zero attached hydrogens (tertiary/aromatic N) is 5. The van der Waals surface area contributed by atoms with Crippen molar-refractivity contribution < 1.29 is 0 Å². The van der Waals surface area contributed by atoms with Crippen molar-refractivity contribution in [1.82, 2.24) is 24.5 Å². The highest BCUT2D eigenvalue weighted by Crippen LogP contribution is 2.54. The molecule has 0 aliphatic heterocycles. The van der Waals surface area contributed by atoms with Gasteiger partial charge in [0.2, 0.25) is 5.95 Å². The van der Waals surface area contributed by atoms with E-state index >= 15 is 0 Å². The van der Waals surface area contributed by atoms with Gasteiger partial charge in [0.25, 0.3) is 0 Å². The molecule has 7 aromatic rings. The largest absolute Gasteiger partial charge is 0.278 e. The third kappa shape index (κ3) is 2.39. The van der Waals surface area contributed by atoms with E-state index in [1.807, 2.05) is 24.4 Å². The fraction of sp³-hybridized carbons (Fsp3) is 0.0968. The van der Waals surface area contributed by atoms with Gasteiger partial charge in [-0.2, -0.15) is 0 Å². The molecule has 0 amide bonds. The summed E-state index contributed by atoms with van der Waals surface area (Å²) < 4.78 is 2.25. The molecule has 3 heterocycles. The van der Waals surface area contributed by atoms with E-state index in [-0.39, 0.29) is 5.41 Å². The van der Waals surface area contributed by atoms with E-state index < -0.39 is 0 Å². The van der Waals surface area contributed by atoms with Gasteiger partial charge < -0.3 is 0 Å². The summed E-state index contributed by atoms with van der Waals surface area (Å²) in [5.74, 6) is 0.685. The lowest BCUT2D eigenvalue weighted by molar-refractivity contribution is 0.664. The average Bonchev–Trinajstić information content (AvgIpc) is 3.37. The molecule has 1 aliphatic carbocycles. The summed E-state index contributed by atoms with van der Waals surface area (Å²) in [6.45, 7) is 4.62. The molecule has 0 fully saturated rings. The zero-order valence-electron chi connectivity index (χ0n) is 19.9. The average molecular weight is 464 g/mol. The molecule has 8 rings (SSSR count). The van der Waals surface area contributed by atoms with Crippen molar-refractivity contribution >= 4 is 43.7 Å². The summed E-state index contributed by atoms with van der Waals surface area (Å²) in [7, 11) is 0. The summed E-state index contributed by atoms with van der Waals surface area (Å²) in [5, 5.41) is 3.44. The monoisotopic (exact) mass is 463 g/mol. The van der Waals surface area contributed by atoms with Crippen LogP contribution in [0.1, 0.15) is 25.0 Å². The topological polar surface area (TPSA) is 56.5 Å². The fourth-order valence-electron chi connectivity index (χ4n) is 6.14. The number of hydrogen-bond donors (Lipinski definition) is 0. The molecule has 5 nitrogen and oxygen atoms in total. The quantitative estimate of drug-likeness (QED) is 0.264. The summed E-state index contributed by atoms with van der Waals surface area (Å²) in [6, 6.07) is 25.5. The molecule has 0 N–H and O–H groups in total. The first-order valence-electron chi connectivity index (χ1n) is 12.2.